The number of Topliss-reactive ketones (excluding diaryl/α,β-unsaturated/α-hetero) is 1. The van der Waals surface area contributed by atoms with Gasteiger partial charge in [0.1, 0.15) is 0 Å². The number of hydrogen-bond donors (Lipinski definition) is 1. The number of carbonyl (C=O) groups excluding carboxylic acids is 1. The van der Waals surface area contributed by atoms with Crippen LogP contribution in [0.1, 0.15) is 35.2 Å². The Morgan fingerprint density at radius 3 is 2.44 bits per heavy atom. The maximum atomic E-state index is 12.5. The largest absolute Gasteiger partial charge is 0.416 e. The number of hydrogen-bond acceptors (Lipinski definition) is 2. The average Bonchev–Trinajstić information content (AvgIpc) is 2.27. The molecule has 98 valence electrons. The van der Waals surface area contributed by atoms with Crippen molar-refractivity contribution in [1.82, 2.24) is 0 Å². The van der Waals surface area contributed by atoms with E-state index < -0.39 is 17.2 Å². The van der Waals surface area contributed by atoms with Gasteiger partial charge in [0.25, 0.3) is 0 Å². The minimum absolute atomic E-state index is 0.0265. The van der Waals surface area contributed by atoms with E-state index in [2.05, 4.69) is 0 Å². The maximum Gasteiger partial charge on any atom is 0.416 e. The fourth-order valence-corrected chi connectivity index (χ4v) is 2.20. The van der Waals surface area contributed by atoms with E-state index in [4.69, 9.17) is 0 Å². The predicted molar refractivity (Wildman–Crippen MR) is 59.1 cm³/mol. The first-order valence-electron chi connectivity index (χ1n) is 5.72. The molecule has 1 N–H and O–H groups in total. The maximum absolute atomic E-state index is 12.5. The van der Waals surface area contributed by atoms with Crippen LogP contribution in [0, 0.1) is 5.41 Å². The summed E-state index contributed by atoms with van der Waals surface area (Å²) in [6.07, 6.45) is -2.55. The lowest BCUT2D eigenvalue weighted by Crippen LogP contribution is -2.41. The predicted octanol–water partition coefficient (Wildman–Crippen LogP) is 3.05. The zero-order chi connectivity index (χ0) is 13.4. The van der Waals surface area contributed by atoms with Crippen molar-refractivity contribution in [3.05, 3.63) is 35.4 Å². The van der Waals surface area contributed by atoms with E-state index in [0.717, 1.165) is 18.6 Å². The molecule has 0 saturated heterocycles. The summed E-state index contributed by atoms with van der Waals surface area (Å²) in [4.78, 5) is 12.1. The number of aliphatic hydroxyl groups is 1. The highest BCUT2D eigenvalue weighted by Crippen LogP contribution is 2.43. The van der Waals surface area contributed by atoms with Crippen molar-refractivity contribution in [2.24, 2.45) is 5.41 Å². The quantitative estimate of drug-likeness (QED) is 0.846. The van der Waals surface area contributed by atoms with Gasteiger partial charge in [-0.15, -0.1) is 0 Å². The highest BCUT2D eigenvalue weighted by atomic mass is 19.4. The summed E-state index contributed by atoms with van der Waals surface area (Å²) in [5.41, 5.74) is -1.66. The average molecular weight is 258 g/mol. The van der Waals surface area contributed by atoms with E-state index in [1.165, 1.54) is 12.1 Å². The zero-order valence-corrected chi connectivity index (χ0v) is 9.63. The lowest BCUT2D eigenvalue weighted by molar-refractivity contribution is -0.137. The van der Waals surface area contributed by atoms with Gasteiger partial charge in [-0.1, -0.05) is 18.6 Å². The SMILES string of the molecule is O=C(c1cccc(C(F)(F)F)c1)C1(CO)CCC1. The summed E-state index contributed by atoms with van der Waals surface area (Å²) in [6.45, 7) is -0.303. The van der Waals surface area contributed by atoms with Crippen molar-refractivity contribution in [2.75, 3.05) is 6.61 Å². The van der Waals surface area contributed by atoms with Gasteiger partial charge in [0, 0.05) is 5.56 Å². The van der Waals surface area contributed by atoms with Gasteiger partial charge in [-0.3, -0.25) is 4.79 Å². The molecular formula is C13H13F3O2. The number of alkyl halides is 3. The van der Waals surface area contributed by atoms with Crippen LogP contribution in [0.3, 0.4) is 0 Å². The summed E-state index contributed by atoms with van der Waals surface area (Å²) < 4.78 is 37.6. The summed E-state index contributed by atoms with van der Waals surface area (Å²) in [6, 6.07) is 4.38. The van der Waals surface area contributed by atoms with E-state index in [9.17, 15) is 23.1 Å². The van der Waals surface area contributed by atoms with Crippen LogP contribution in [-0.2, 0) is 6.18 Å². The van der Waals surface area contributed by atoms with Crippen LogP contribution in [0.5, 0.6) is 0 Å². The van der Waals surface area contributed by atoms with Crippen LogP contribution in [0.2, 0.25) is 0 Å². The molecule has 0 amide bonds. The smallest absolute Gasteiger partial charge is 0.395 e. The zero-order valence-electron chi connectivity index (χ0n) is 9.63. The van der Waals surface area contributed by atoms with Gasteiger partial charge in [0.15, 0.2) is 5.78 Å². The molecule has 0 spiro atoms. The van der Waals surface area contributed by atoms with Crippen molar-refractivity contribution < 1.29 is 23.1 Å². The monoisotopic (exact) mass is 258 g/mol. The molecule has 2 nitrogen and oxygen atoms in total. The molecule has 1 aliphatic rings. The van der Waals surface area contributed by atoms with Crippen LogP contribution in [0.15, 0.2) is 24.3 Å². The lowest BCUT2D eigenvalue weighted by Gasteiger charge is -2.38. The molecule has 1 aliphatic carbocycles. The molecule has 1 aromatic rings. The Bertz CT molecular complexity index is 456. The third-order valence-corrected chi connectivity index (χ3v) is 3.55. The van der Waals surface area contributed by atoms with Gasteiger partial charge in [-0.25, -0.2) is 0 Å². The second-order valence-corrected chi connectivity index (χ2v) is 4.70. The highest BCUT2D eigenvalue weighted by Gasteiger charge is 2.44. The van der Waals surface area contributed by atoms with Gasteiger partial charge >= 0.3 is 6.18 Å². The number of halogens is 3. The first kappa shape index (κ1) is 13.1. The molecule has 18 heavy (non-hydrogen) atoms. The first-order valence-corrected chi connectivity index (χ1v) is 5.72. The number of ketones is 1. The van der Waals surface area contributed by atoms with Gasteiger partial charge < -0.3 is 5.11 Å². The number of benzene rings is 1. The van der Waals surface area contributed by atoms with E-state index >= 15 is 0 Å². The topological polar surface area (TPSA) is 37.3 Å². The van der Waals surface area contributed by atoms with Crippen molar-refractivity contribution in [3.8, 4) is 0 Å². The van der Waals surface area contributed by atoms with Crippen LogP contribution in [0.25, 0.3) is 0 Å². The Morgan fingerprint density at radius 1 is 1.33 bits per heavy atom. The third kappa shape index (κ3) is 2.14. The Hall–Kier alpha value is -1.36. The first-order chi connectivity index (χ1) is 8.39. The molecule has 0 bridgehead atoms. The standard InChI is InChI=1S/C13H13F3O2/c14-13(15,16)10-4-1-3-9(7-10)11(18)12(8-17)5-2-6-12/h1,3-4,7,17H,2,5-6,8H2. The second kappa shape index (κ2) is 4.39. The number of carbonyl (C=O) groups is 1. The Kier molecular flexibility index (Phi) is 3.19. The van der Waals surface area contributed by atoms with E-state index in [-0.39, 0.29) is 18.0 Å². The van der Waals surface area contributed by atoms with E-state index in [1.807, 2.05) is 0 Å². The Morgan fingerprint density at radius 2 is 2.00 bits per heavy atom. The fourth-order valence-electron chi connectivity index (χ4n) is 2.20. The van der Waals surface area contributed by atoms with Crippen LogP contribution < -0.4 is 0 Å². The Balaban J connectivity index is 2.32. The van der Waals surface area contributed by atoms with Gasteiger partial charge in [0.05, 0.1) is 17.6 Å². The van der Waals surface area contributed by atoms with Gasteiger partial charge in [-0.2, -0.15) is 13.2 Å². The molecule has 0 heterocycles. The van der Waals surface area contributed by atoms with E-state index in [0.29, 0.717) is 12.8 Å². The Labute approximate surface area is 102 Å². The molecule has 1 fully saturated rings. The van der Waals surface area contributed by atoms with Crippen LogP contribution in [-0.4, -0.2) is 17.5 Å². The molecular weight excluding hydrogens is 245 g/mol. The number of rotatable bonds is 3. The minimum Gasteiger partial charge on any atom is -0.395 e. The molecule has 0 unspecified atom stereocenters. The van der Waals surface area contributed by atoms with Gasteiger partial charge in [0.2, 0.25) is 0 Å². The molecule has 2 rings (SSSR count). The highest BCUT2D eigenvalue weighted by molar-refractivity contribution is 6.01. The van der Waals surface area contributed by atoms with Crippen molar-refractivity contribution >= 4 is 5.78 Å². The molecule has 0 radical (unpaired) electrons. The molecule has 5 heteroatoms. The third-order valence-electron chi connectivity index (χ3n) is 3.55. The molecule has 1 saturated carbocycles. The normalized spacial score (nSPS) is 18.2. The summed E-state index contributed by atoms with van der Waals surface area (Å²) >= 11 is 0. The summed E-state index contributed by atoms with van der Waals surface area (Å²) in [5, 5.41) is 9.25. The lowest BCUT2D eigenvalue weighted by atomic mass is 9.65. The summed E-state index contributed by atoms with van der Waals surface area (Å²) in [7, 11) is 0. The van der Waals surface area contributed by atoms with Gasteiger partial charge in [-0.05, 0) is 25.0 Å². The molecule has 0 aliphatic heterocycles. The van der Waals surface area contributed by atoms with Crippen molar-refractivity contribution in [2.45, 2.75) is 25.4 Å². The van der Waals surface area contributed by atoms with Crippen LogP contribution >= 0.6 is 0 Å². The fraction of sp³-hybridized carbons (Fsp3) is 0.462. The van der Waals surface area contributed by atoms with Crippen molar-refractivity contribution in [3.63, 3.8) is 0 Å². The summed E-state index contributed by atoms with van der Waals surface area (Å²) in [5.74, 6) is -0.387. The second-order valence-electron chi connectivity index (χ2n) is 4.70. The van der Waals surface area contributed by atoms with Crippen molar-refractivity contribution in [1.29, 1.82) is 0 Å². The molecule has 1 aromatic carbocycles. The number of aliphatic hydroxyl groups excluding tert-OH is 1. The minimum atomic E-state index is -4.46. The van der Waals surface area contributed by atoms with Crippen LogP contribution in [0.4, 0.5) is 13.2 Å². The molecule has 0 aromatic heterocycles. The molecule has 0 atom stereocenters. The van der Waals surface area contributed by atoms with E-state index in [1.54, 1.807) is 0 Å².